The summed E-state index contributed by atoms with van der Waals surface area (Å²) in [5, 5.41) is 0. The van der Waals surface area contributed by atoms with Crippen molar-refractivity contribution in [1.29, 1.82) is 0 Å². The highest BCUT2D eigenvalue weighted by atomic mass is 32.2. The summed E-state index contributed by atoms with van der Waals surface area (Å²) in [6.07, 6.45) is 2.68. The SMILES string of the molecule is CSCCCNS(=O)(=O)c1ccccc1F. The molecule has 0 heterocycles. The Labute approximate surface area is 99.5 Å². The second kappa shape index (κ2) is 6.22. The van der Waals surface area contributed by atoms with Gasteiger partial charge < -0.3 is 0 Å². The first-order chi connectivity index (χ1) is 7.58. The van der Waals surface area contributed by atoms with Crippen molar-refractivity contribution in [2.45, 2.75) is 11.3 Å². The van der Waals surface area contributed by atoms with Crippen LogP contribution in [0.25, 0.3) is 0 Å². The Balaban J connectivity index is 2.68. The van der Waals surface area contributed by atoms with E-state index in [0.29, 0.717) is 6.54 Å². The van der Waals surface area contributed by atoms with E-state index in [2.05, 4.69) is 4.72 Å². The lowest BCUT2D eigenvalue weighted by Crippen LogP contribution is -2.25. The van der Waals surface area contributed by atoms with Gasteiger partial charge in [-0.25, -0.2) is 17.5 Å². The molecule has 0 radical (unpaired) electrons. The molecule has 0 unspecified atom stereocenters. The molecule has 90 valence electrons. The molecule has 0 aromatic heterocycles. The molecule has 0 saturated heterocycles. The van der Waals surface area contributed by atoms with Crippen LogP contribution in [0.5, 0.6) is 0 Å². The maximum atomic E-state index is 13.2. The number of hydrogen-bond acceptors (Lipinski definition) is 3. The maximum Gasteiger partial charge on any atom is 0.243 e. The van der Waals surface area contributed by atoms with Crippen molar-refractivity contribution in [2.24, 2.45) is 0 Å². The topological polar surface area (TPSA) is 46.2 Å². The highest BCUT2D eigenvalue weighted by Gasteiger charge is 2.17. The van der Waals surface area contributed by atoms with Crippen molar-refractivity contribution in [3.8, 4) is 0 Å². The molecule has 0 fully saturated rings. The molecule has 0 aliphatic carbocycles. The van der Waals surface area contributed by atoms with E-state index in [1.165, 1.54) is 18.2 Å². The number of thioether (sulfide) groups is 1. The molecular weight excluding hydrogens is 249 g/mol. The second-order valence-corrected chi connectivity index (χ2v) is 5.90. The maximum absolute atomic E-state index is 13.2. The first kappa shape index (κ1) is 13.5. The van der Waals surface area contributed by atoms with Gasteiger partial charge in [-0.3, -0.25) is 0 Å². The van der Waals surface area contributed by atoms with Crippen molar-refractivity contribution in [3.63, 3.8) is 0 Å². The summed E-state index contributed by atoms with van der Waals surface area (Å²) < 4.78 is 38.9. The van der Waals surface area contributed by atoms with Gasteiger partial charge in [0, 0.05) is 6.54 Å². The predicted octanol–water partition coefficient (Wildman–Crippen LogP) is 1.86. The van der Waals surface area contributed by atoms with Crippen molar-refractivity contribution < 1.29 is 12.8 Å². The highest BCUT2D eigenvalue weighted by molar-refractivity contribution is 7.98. The fourth-order valence-corrected chi connectivity index (χ4v) is 2.75. The molecule has 1 rings (SSSR count). The average Bonchev–Trinajstić information content (AvgIpc) is 2.25. The zero-order valence-corrected chi connectivity index (χ0v) is 10.6. The van der Waals surface area contributed by atoms with E-state index in [9.17, 15) is 12.8 Å². The summed E-state index contributed by atoms with van der Waals surface area (Å²) in [7, 11) is -3.71. The van der Waals surface area contributed by atoms with Gasteiger partial charge in [-0.05, 0) is 30.6 Å². The molecule has 0 saturated carbocycles. The zero-order chi connectivity index (χ0) is 12.0. The quantitative estimate of drug-likeness (QED) is 0.797. The molecule has 1 N–H and O–H groups in total. The minimum Gasteiger partial charge on any atom is -0.211 e. The van der Waals surface area contributed by atoms with E-state index in [1.807, 2.05) is 6.26 Å². The smallest absolute Gasteiger partial charge is 0.211 e. The highest BCUT2D eigenvalue weighted by Crippen LogP contribution is 2.12. The predicted molar refractivity (Wildman–Crippen MR) is 64.6 cm³/mol. The molecule has 1 aromatic rings. The van der Waals surface area contributed by atoms with Crippen LogP contribution in [0.2, 0.25) is 0 Å². The van der Waals surface area contributed by atoms with Crippen molar-refractivity contribution >= 4 is 21.8 Å². The van der Waals surface area contributed by atoms with Crippen molar-refractivity contribution in [2.75, 3.05) is 18.6 Å². The van der Waals surface area contributed by atoms with Crippen LogP contribution in [-0.4, -0.2) is 27.0 Å². The summed E-state index contributed by atoms with van der Waals surface area (Å²) in [4.78, 5) is -0.292. The lowest BCUT2D eigenvalue weighted by Gasteiger charge is -2.06. The van der Waals surface area contributed by atoms with Gasteiger partial charge in [-0.15, -0.1) is 0 Å². The largest absolute Gasteiger partial charge is 0.243 e. The number of nitrogens with one attached hydrogen (secondary N) is 1. The molecule has 3 nitrogen and oxygen atoms in total. The molecule has 6 heteroatoms. The fourth-order valence-electron chi connectivity index (χ4n) is 1.16. The molecule has 1 aromatic carbocycles. The average molecular weight is 263 g/mol. The van der Waals surface area contributed by atoms with Gasteiger partial charge >= 0.3 is 0 Å². The van der Waals surface area contributed by atoms with E-state index < -0.39 is 15.8 Å². The summed E-state index contributed by atoms with van der Waals surface area (Å²) in [5.41, 5.74) is 0. The van der Waals surface area contributed by atoms with Gasteiger partial charge in [-0.2, -0.15) is 11.8 Å². The minimum absolute atomic E-state index is 0.292. The van der Waals surface area contributed by atoms with E-state index in [-0.39, 0.29) is 4.90 Å². The van der Waals surface area contributed by atoms with Crippen LogP contribution in [0.15, 0.2) is 29.2 Å². The van der Waals surface area contributed by atoms with Crippen molar-refractivity contribution in [1.82, 2.24) is 4.72 Å². The Hall–Kier alpha value is -0.590. The van der Waals surface area contributed by atoms with Crippen LogP contribution in [0, 0.1) is 5.82 Å². The summed E-state index contributed by atoms with van der Waals surface area (Å²) in [6.45, 7) is 0.331. The van der Waals surface area contributed by atoms with Gasteiger partial charge in [0.1, 0.15) is 10.7 Å². The summed E-state index contributed by atoms with van der Waals surface area (Å²) in [6, 6.07) is 5.35. The van der Waals surface area contributed by atoms with Crippen LogP contribution in [-0.2, 0) is 10.0 Å². The molecule has 0 amide bonds. The number of benzene rings is 1. The van der Waals surface area contributed by atoms with E-state index in [0.717, 1.165) is 18.2 Å². The van der Waals surface area contributed by atoms with E-state index in [1.54, 1.807) is 11.8 Å². The van der Waals surface area contributed by atoms with Crippen LogP contribution in [0.1, 0.15) is 6.42 Å². The van der Waals surface area contributed by atoms with Gasteiger partial charge in [-0.1, -0.05) is 12.1 Å². The minimum atomic E-state index is -3.71. The van der Waals surface area contributed by atoms with Crippen LogP contribution in [0.3, 0.4) is 0 Å². The summed E-state index contributed by atoms with van der Waals surface area (Å²) >= 11 is 1.64. The molecule has 0 bridgehead atoms. The fraction of sp³-hybridized carbons (Fsp3) is 0.400. The number of hydrogen-bond donors (Lipinski definition) is 1. The monoisotopic (exact) mass is 263 g/mol. The Morgan fingerprint density at radius 2 is 2.06 bits per heavy atom. The molecule has 0 atom stereocenters. The number of sulfonamides is 1. The van der Waals surface area contributed by atoms with Gasteiger partial charge in [0.25, 0.3) is 0 Å². The van der Waals surface area contributed by atoms with E-state index in [4.69, 9.17) is 0 Å². The van der Waals surface area contributed by atoms with Gasteiger partial charge in [0.2, 0.25) is 10.0 Å². The van der Waals surface area contributed by atoms with Gasteiger partial charge in [0.15, 0.2) is 0 Å². The third-order valence-electron chi connectivity index (χ3n) is 1.94. The van der Waals surface area contributed by atoms with Crippen molar-refractivity contribution in [3.05, 3.63) is 30.1 Å². The third kappa shape index (κ3) is 3.77. The third-order valence-corrected chi connectivity index (χ3v) is 4.13. The lowest BCUT2D eigenvalue weighted by atomic mass is 10.4. The molecule has 0 aliphatic rings. The second-order valence-electron chi connectivity index (χ2n) is 3.17. The van der Waals surface area contributed by atoms with E-state index >= 15 is 0 Å². The summed E-state index contributed by atoms with van der Waals surface area (Å²) in [5.74, 6) is 0.152. The van der Waals surface area contributed by atoms with Crippen LogP contribution in [0.4, 0.5) is 4.39 Å². The lowest BCUT2D eigenvalue weighted by molar-refractivity contribution is 0.557. The Kier molecular flexibility index (Phi) is 5.24. The van der Waals surface area contributed by atoms with Crippen LogP contribution < -0.4 is 4.72 Å². The molecule has 0 spiro atoms. The first-order valence-corrected chi connectivity index (χ1v) is 7.69. The number of halogens is 1. The molecule has 0 aliphatic heterocycles. The Morgan fingerprint density at radius 1 is 1.38 bits per heavy atom. The normalized spacial score (nSPS) is 11.6. The Bertz CT molecular complexity index is 434. The Morgan fingerprint density at radius 3 is 2.69 bits per heavy atom. The first-order valence-electron chi connectivity index (χ1n) is 4.81. The standard InChI is InChI=1S/C10H14FNO2S2/c1-15-8-4-7-12-16(13,14)10-6-3-2-5-9(10)11/h2-3,5-6,12H,4,7-8H2,1H3. The van der Waals surface area contributed by atoms with Crippen LogP contribution >= 0.6 is 11.8 Å². The molecule has 16 heavy (non-hydrogen) atoms. The van der Waals surface area contributed by atoms with Gasteiger partial charge in [0.05, 0.1) is 0 Å². The number of rotatable bonds is 6. The zero-order valence-electron chi connectivity index (χ0n) is 8.94. The molecular formula is C10H14FNO2S2.